The largest absolute Gasteiger partial charge is 0.507 e. The number of carbonyl (C=O) groups excluding carboxylic acids is 4. The van der Waals surface area contributed by atoms with Crippen molar-refractivity contribution in [1.29, 1.82) is 0 Å². The molecule has 0 heterocycles. The van der Waals surface area contributed by atoms with Crippen LogP contribution < -0.4 is 0 Å². The monoisotopic (exact) mass is 594 g/mol. The van der Waals surface area contributed by atoms with E-state index in [1.807, 2.05) is 13.8 Å². The van der Waals surface area contributed by atoms with Crippen molar-refractivity contribution in [1.82, 2.24) is 0 Å². The Balaban J connectivity index is 1.69. The van der Waals surface area contributed by atoms with Gasteiger partial charge >= 0.3 is 0 Å². The Kier molecular flexibility index (Phi) is 6.46. The van der Waals surface area contributed by atoms with Gasteiger partial charge in [0.05, 0.1) is 22.3 Å². The van der Waals surface area contributed by atoms with E-state index in [0.29, 0.717) is 36.8 Å². The first-order chi connectivity index (χ1) is 20.9. The molecule has 6 rings (SSSR count). The first-order valence-electron chi connectivity index (χ1n) is 14.0. The van der Waals surface area contributed by atoms with Gasteiger partial charge in [0.1, 0.15) is 34.5 Å². The minimum Gasteiger partial charge on any atom is -0.507 e. The van der Waals surface area contributed by atoms with Gasteiger partial charge in [0.2, 0.25) is 11.6 Å². The summed E-state index contributed by atoms with van der Waals surface area (Å²) in [5, 5.41) is 65.3. The van der Waals surface area contributed by atoms with E-state index in [1.54, 1.807) is 0 Å². The zero-order valence-electron chi connectivity index (χ0n) is 23.6. The smallest absolute Gasteiger partial charge is 0.201 e. The second-order valence-corrected chi connectivity index (χ2v) is 11.0. The van der Waals surface area contributed by atoms with Gasteiger partial charge in [-0.2, -0.15) is 0 Å². The van der Waals surface area contributed by atoms with Gasteiger partial charge in [-0.05, 0) is 48.2 Å². The first kappa shape index (κ1) is 28.5. The van der Waals surface area contributed by atoms with Crippen LogP contribution in [0.2, 0.25) is 0 Å². The van der Waals surface area contributed by atoms with Crippen LogP contribution >= 0.6 is 0 Å². The number of aromatic hydroxyl groups is 6. The molecule has 0 saturated heterocycles. The summed E-state index contributed by atoms with van der Waals surface area (Å²) >= 11 is 0. The summed E-state index contributed by atoms with van der Waals surface area (Å²) in [5.74, 6) is -7.85. The second kappa shape index (κ2) is 9.98. The number of hydrogen-bond acceptors (Lipinski definition) is 10. The number of fused-ring (bicyclic) bond motifs is 4. The number of aryl methyl sites for hydroxylation is 2. The molecule has 0 unspecified atom stereocenters. The molecular weight excluding hydrogens is 568 g/mol. The van der Waals surface area contributed by atoms with Gasteiger partial charge in [-0.3, -0.25) is 19.2 Å². The van der Waals surface area contributed by atoms with Crippen LogP contribution in [0.15, 0.2) is 36.4 Å². The molecule has 10 heteroatoms. The highest BCUT2D eigenvalue weighted by Gasteiger charge is 2.43. The minimum atomic E-state index is -0.942. The zero-order valence-corrected chi connectivity index (χ0v) is 23.6. The third-order valence-electron chi connectivity index (χ3n) is 8.11. The molecule has 6 N–H and O–H groups in total. The van der Waals surface area contributed by atoms with Crippen LogP contribution in [0, 0.1) is 0 Å². The fourth-order valence-corrected chi connectivity index (χ4v) is 6.32. The quantitative estimate of drug-likeness (QED) is 0.158. The lowest BCUT2D eigenvalue weighted by molar-refractivity contribution is 0.0972. The standard InChI is InChI=1S/C34H26O10/c1-3-5-13-7-15-23(17(35)9-13)33(43)27-21(39)11-19(37)25(29(27)31(15)41)26-20(38)12-22(40)28-30(26)32(42)16-8-14(6-4-2)10-18(36)24(16)34(28)44/h7-12,35-40H,3-6H2,1-2H3. The Labute approximate surface area is 250 Å². The van der Waals surface area contributed by atoms with E-state index < -0.39 is 91.0 Å². The van der Waals surface area contributed by atoms with E-state index in [9.17, 15) is 49.8 Å². The molecule has 0 amide bonds. The molecule has 0 spiro atoms. The fourth-order valence-electron chi connectivity index (χ4n) is 6.32. The van der Waals surface area contributed by atoms with E-state index in [1.165, 1.54) is 24.3 Å². The number of carbonyl (C=O) groups is 4. The number of hydrogen-bond donors (Lipinski definition) is 6. The van der Waals surface area contributed by atoms with Crippen LogP contribution in [0.5, 0.6) is 34.5 Å². The van der Waals surface area contributed by atoms with Crippen molar-refractivity contribution in [2.45, 2.75) is 39.5 Å². The number of phenols is 6. The Morgan fingerprint density at radius 2 is 0.705 bits per heavy atom. The number of phenolic OH excluding ortho intramolecular Hbond substituents is 6. The third-order valence-corrected chi connectivity index (χ3v) is 8.11. The highest BCUT2D eigenvalue weighted by Crippen LogP contribution is 2.52. The average molecular weight is 595 g/mol. The van der Waals surface area contributed by atoms with Gasteiger partial charge in [0, 0.05) is 45.5 Å². The predicted molar refractivity (Wildman–Crippen MR) is 156 cm³/mol. The second-order valence-electron chi connectivity index (χ2n) is 11.0. The molecule has 0 saturated carbocycles. The summed E-state index contributed by atoms with van der Waals surface area (Å²) < 4.78 is 0. The minimum absolute atomic E-state index is 0.216. The maximum absolute atomic E-state index is 14.1. The third kappa shape index (κ3) is 3.87. The summed E-state index contributed by atoms with van der Waals surface area (Å²) in [5.41, 5.74) is -3.43. The van der Waals surface area contributed by atoms with Crippen molar-refractivity contribution >= 4 is 23.1 Å². The molecule has 0 aliphatic heterocycles. The van der Waals surface area contributed by atoms with Crippen LogP contribution in [0.25, 0.3) is 11.1 Å². The van der Waals surface area contributed by atoms with Crippen molar-refractivity contribution in [2.24, 2.45) is 0 Å². The maximum atomic E-state index is 14.1. The summed E-state index contributed by atoms with van der Waals surface area (Å²) in [6.45, 7) is 3.76. The Hall–Kier alpha value is -5.64. The van der Waals surface area contributed by atoms with Gasteiger partial charge in [0.25, 0.3) is 0 Å². The van der Waals surface area contributed by atoms with Gasteiger partial charge in [-0.1, -0.05) is 26.7 Å². The fraction of sp³-hybridized carbons (Fsp3) is 0.176. The zero-order chi connectivity index (χ0) is 31.8. The van der Waals surface area contributed by atoms with Crippen molar-refractivity contribution < 1.29 is 49.8 Å². The summed E-state index contributed by atoms with van der Waals surface area (Å²) in [4.78, 5) is 55.6. The molecule has 44 heavy (non-hydrogen) atoms. The van der Waals surface area contributed by atoms with Gasteiger partial charge in [-0.25, -0.2) is 0 Å². The van der Waals surface area contributed by atoms with Crippen molar-refractivity contribution in [3.8, 4) is 45.6 Å². The first-order valence-corrected chi connectivity index (χ1v) is 14.0. The molecular formula is C34H26O10. The number of rotatable bonds is 5. The lowest BCUT2D eigenvalue weighted by Crippen LogP contribution is -2.25. The van der Waals surface area contributed by atoms with Crippen LogP contribution in [-0.4, -0.2) is 53.8 Å². The van der Waals surface area contributed by atoms with Gasteiger partial charge in [-0.15, -0.1) is 0 Å². The van der Waals surface area contributed by atoms with Crippen molar-refractivity contribution in [3.63, 3.8) is 0 Å². The Morgan fingerprint density at radius 3 is 1.05 bits per heavy atom. The molecule has 0 radical (unpaired) electrons. The molecule has 0 aromatic heterocycles. The SMILES string of the molecule is CCCc1cc(O)c2c(c1)C(=O)c1c(c(O)cc(O)c1-c1c(O)cc(O)c3c1C(=O)c1cc(CCC)cc(O)c1C3=O)C2=O. The number of ketones is 4. The van der Waals surface area contributed by atoms with Crippen molar-refractivity contribution in [3.05, 3.63) is 92.0 Å². The molecule has 4 aromatic rings. The van der Waals surface area contributed by atoms with E-state index >= 15 is 0 Å². The molecule has 222 valence electrons. The van der Waals surface area contributed by atoms with Crippen molar-refractivity contribution in [2.75, 3.05) is 0 Å². The van der Waals surface area contributed by atoms with Gasteiger partial charge < -0.3 is 30.6 Å². The normalized spacial score (nSPS) is 13.4. The molecule has 0 bridgehead atoms. The molecule has 2 aliphatic carbocycles. The van der Waals surface area contributed by atoms with Crippen LogP contribution in [0.4, 0.5) is 0 Å². The lowest BCUT2D eigenvalue weighted by atomic mass is 9.74. The van der Waals surface area contributed by atoms with Crippen LogP contribution in [0.3, 0.4) is 0 Å². The van der Waals surface area contributed by atoms with E-state index in [-0.39, 0.29) is 22.3 Å². The average Bonchev–Trinajstić information content (AvgIpc) is 2.94. The number of benzene rings is 4. The lowest BCUT2D eigenvalue weighted by Gasteiger charge is -2.27. The molecule has 4 aromatic carbocycles. The van der Waals surface area contributed by atoms with Crippen LogP contribution in [-0.2, 0) is 12.8 Å². The summed E-state index contributed by atoms with van der Waals surface area (Å²) in [6, 6.07) is 7.04. The Bertz CT molecular complexity index is 1870. The van der Waals surface area contributed by atoms with Crippen LogP contribution in [0.1, 0.15) is 102 Å². The van der Waals surface area contributed by atoms with E-state index in [0.717, 1.165) is 12.1 Å². The highest BCUT2D eigenvalue weighted by atomic mass is 16.3. The molecule has 10 nitrogen and oxygen atoms in total. The molecule has 0 atom stereocenters. The predicted octanol–water partition coefficient (Wildman–Crippen LogP) is 5.04. The summed E-state index contributed by atoms with van der Waals surface area (Å²) in [6.07, 6.45) is 2.24. The topological polar surface area (TPSA) is 190 Å². The van der Waals surface area contributed by atoms with E-state index in [4.69, 9.17) is 0 Å². The summed E-state index contributed by atoms with van der Waals surface area (Å²) in [7, 11) is 0. The Morgan fingerprint density at radius 1 is 0.386 bits per heavy atom. The maximum Gasteiger partial charge on any atom is 0.201 e. The molecule has 0 fully saturated rings. The molecule has 2 aliphatic rings. The van der Waals surface area contributed by atoms with E-state index in [2.05, 4.69) is 0 Å². The highest BCUT2D eigenvalue weighted by molar-refractivity contribution is 6.35. The van der Waals surface area contributed by atoms with Gasteiger partial charge in [0.15, 0.2) is 11.6 Å².